The van der Waals surface area contributed by atoms with Crippen LogP contribution in [0.15, 0.2) is 24.4 Å². The van der Waals surface area contributed by atoms with E-state index >= 15 is 0 Å². The standard InChI is InChI=1S/C14H11F4N3O3/c1-21-12(19)8(5-20-21)13(23)24-6-11(22)7-2-3-10(15)9(4-7)14(16,17)18/h2-5H,6,19H2,1H3. The minimum absolute atomic E-state index is 0.00795. The monoisotopic (exact) mass is 345 g/mol. The van der Waals surface area contributed by atoms with Gasteiger partial charge in [-0.05, 0) is 18.2 Å². The van der Waals surface area contributed by atoms with Crippen LogP contribution in [0.25, 0.3) is 0 Å². The fourth-order valence-electron chi connectivity index (χ4n) is 1.81. The second-order valence-corrected chi connectivity index (χ2v) is 4.76. The average Bonchev–Trinajstić information content (AvgIpc) is 2.83. The van der Waals surface area contributed by atoms with Crippen LogP contribution in [0, 0.1) is 5.82 Å². The number of anilines is 1. The topological polar surface area (TPSA) is 87.2 Å². The number of halogens is 4. The van der Waals surface area contributed by atoms with E-state index in [1.54, 1.807) is 0 Å². The molecule has 1 aromatic carbocycles. The molecule has 6 nitrogen and oxygen atoms in total. The van der Waals surface area contributed by atoms with Gasteiger partial charge in [-0.2, -0.15) is 18.3 Å². The summed E-state index contributed by atoms with van der Waals surface area (Å²) >= 11 is 0. The maximum atomic E-state index is 13.2. The zero-order valence-electron chi connectivity index (χ0n) is 12.2. The number of aryl methyl sites for hydroxylation is 1. The van der Waals surface area contributed by atoms with Crippen molar-refractivity contribution in [2.24, 2.45) is 7.05 Å². The lowest BCUT2D eigenvalue weighted by atomic mass is 10.1. The summed E-state index contributed by atoms with van der Waals surface area (Å²) in [5.74, 6) is -3.36. The number of benzene rings is 1. The highest BCUT2D eigenvalue weighted by Gasteiger charge is 2.34. The summed E-state index contributed by atoms with van der Waals surface area (Å²) in [6.45, 7) is -0.823. The normalized spacial score (nSPS) is 11.4. The predicted octanol–water partition coefficient (Wildman–Crippen LogP) is 2.20. The van der Waals surface area contributed by atoms with Crippen LogP contribution in [0.4, 0.5) is 23.4 Å². The quantitative estimate of drug-likeness (QED) is 0.521. The minimum Gasteiger partial charge on any atom is -0.454 e. The molecule has 0 saturated carbocycles. The van der Waals surface area contributed by atoms with E-state index in [-0.39, 0.29) is 11.4 Å². The molecular weight excluding hydrogens is 334 g/mol. The Labute approximate surface area is 132 Å². The summed E-state index contributed by atoms with van der Waals surface area (Å²) in [7, 11) is 1.48. The second kappa shape index (κ2) is 6.30. The Morgan fingerprint density at radius 3 is 2.54 bits per heavy atom. The first-order valence-electron chi connectivity index (χ1n) is 6.45. The molecule has 0 spiro atoms. The molecule has 1 aromatic heterocycles. The number of Topliss-reactive ketones (excluding diaryl/α,β-unsaturated/α-hetero) is 1. The van der Waals surface area contributed by atoms with Crippen LogP contribution in [0.5, 0.6) is 0 Å². The van der Waals surface area contributed by atoms with Crippen molar-refractivity contribution in [3.05, 3.63) is 46.9 Å². The van der Waals surface area contributed by atoms with Gasteiger partial charge in [-0.3, -0.25) is 9.48 Å². The number of nitrogen functional groups attached to an aromatic ring is 1. The molecule has 0 aliphatic carbocycles. The summed E-state index contributed by atoms with van der Waals surface area (Å²) in [6.07, 6.45) is -3.82. The van der Waals surface area contributed by atoms with Gasteiger partial charge in [0.1, 0.15) is 17.2 Å². The third-order valence-corrected chi connectivity index (χ3v) is 3.13. The Morgan fingerprint density at radius 2 is 2.00 bits per heavy atom. The van der Waals surface area contributed by atoms with Gasteiger partial charge in [0.15, 0.2) is 12.4 Å². The van der Waals surface area contributed by atoms with Gasteiger partial charge in [-0.25, -0.2) is 9.18 Å². The Morgan fingerprint density at radius 1 is 1.33 bits per heavy atom. The van der Waals surface area contributed by atoms with Gasteiger partial charge >= 0.3 is 12.1 Å². The van der Waals surface area contributed by atoms with E-state index in [2.05, 4.69) is 5.10 Å². The van der Waals surface area contributed by atoms with Gasteiger partial charge in [-0.1, -0.05) is 0 Å². The molecule has 24 heavy (non-hydrogen) atoms. The van der Waals surface area contributed by atoms with Crippen molar-refractivity contribution in [1.82, 2.24) is 9.78 Å². The fraction of sp³-hybridized carbons (Fsp3) is 0.214. The number of ether oxygens (including phenoxy) is 1. The summed E-state index contributed by atoms with van der Waals surface area (Å²) < 4.78 is 56.9. The Bertz CT molecular complexity index is 799. The van der Waals surface area contributed by atoms with Gasteiger partial charge in [0.05, 0.1) is 11.8 Å². The number of ketones is 1. The van der Waals surface area contributed by atoms with Gasteiger partial charge in [0.25, 0.3) is 0 Å². The van der Waals surface area contributed by atoms with E-state index in [1.165, 1.54) is 11.7 Å². The number of nitrogens with zero attached hydrogens (tertiary/aromatic N) is 2. The smallest absolute Gasteiger partial charge is 0.419 e. The van der Waals surface area contributed by atoms with Crippen molar-refractivity contribution in [3.63, 3.8) is 0 Å². The number of aromatic nitrogens is 2. The van der Waals surface area contributed by atoms with Gasteiger partial charge in [0.2, 0.25) is 0 Å². The summed E-state index contributed by atoms with van der Waals surface area (Å²) in [5.41, 5.74) is 3.46. The number of carbonyl (C=O) groups excluding carboxylic acids is 2. The molecule has 0 aliphatic heterocycles. The molecule has 0 bridgehead atoms. The number of alkyl halides is 3. The molecule has 1 heterocycles. The first-order valence-corrected chi connectivity index (χ1v) is 6.45. The molecule has 10 heteroatoms. The molecule has 0 radical (unpaired) electrons. The summed E-state index contributed by atoms with van der Waals surface area (Å²) in [4.78, 5) is 23.6. The minimum atomic E-state index is -4.94. The molecule has 0 atom stereocenters. The molecule has 2 N–H and O–H groups in total. The van der Waals surface area contributed by atoms with Gasteiger partial charge in [-0.15, -0.1) is 0 Å². The number of rotatable bonds is 4. The number of carbonyl (C=O) groups is 2. The van der Waals surface area contributed by atoms with Crippen LogP contribution in [-0.4, -0.2) is 28.1 Å². The maximum absolute atomic E-state index is 13.2. The van der Waals surface area contributed by atoms with E-state index in [0.29, 0.717) is 12.1 Å². The molecule has 0 amide bonds. The molecule has 0 saturated heterocycles. The van der Waals surface area contributed by atoms with Crippen LogP contribution >= 0.6 is 0 Å². The van der Waals surface area contributed by atoms with Crippen LogP contribution in [-0.2, 0) is 18.0 Å². The molecule has 2 rings (SSSR count). The zero-order chi connectivity index (χ0) is 18.1. The summed E-state index contributed by atoms with van der Waals surface area (Å²) in [5, 5.41) is 3.71. The number of nitrogens with two attached hydrogens (primary N) is 1. The van der Waals surface area contributed by atoms with Crippen molar-refractivity contribution in [2.75, 3.05) is 12.3 Å². The third kappa shape index (κ3) is 3.53. The van der Waals surface area contributed by atoms with E-state index in [4.69, 9.17) is 10.5 Å². The van der Waals surface area contributed by atoms with Crippen molar-refractivity contribution in [2.45, 2.75) is 6.18 Å². The van der Waals surface area contributed by atoms with E-state index < -0.39 is 41.5 Å². The highest BCUT2D eigenvalue weighted by atomic mass is 19.4. The number of esters is 1. The highest BCUT2D eigenvalue weighted by Crippen LogP contribution is 2.32. The second-order valence-electron chi connectivity index (χ2n) is 4.76. The highest BCUT2D eigenvalue weighted by molar-refractivity contribution is 6.00. The van der Waals surface area contributed by atoms with E-state index in [1.807, 2.05) is 0 Å². The molecular formula is C14H11F4N3O3. The SMILES string of the molecule is Cn1ncc(C(=O)OCC(=O)c2ccc(F)c(C(F)(F)F)c2)c1N. The van der Waals surface area contributed by atoms with E-state index in [9.17, 15) is 27.2 Å². The Hall–Kier alpha value is -2.91. The van der Waals surface area contributed by atoms with E-state index in [0.717, 1.165) is 12.3 Å². The first kappa shape index (κ1) is 17.4. The van der Waals surface area contributed by atoms with Gasteiger partial charge in [0, 0.05) is 12.6 Å². The van der Waals surface area contributed by atoms with Crippen molar-refractivity contribution >= 4 is 17.6 Å². The predicted molar refractivity (Wildman–Crippen MR) is 73.6 cm³/mol. The molecule has 2 aromatic rings. The summed E-state index contributed by atoms with van der Waals surface area (Å²) in [6, 6.07) is 1.76. The number of hydrogen-bond donors (Lipinski definition) is 1. The van der Waals surface area contributed by atoms with Gasteiger partial charge < -0.3 is 10.5 Å². The molecule has 0 fully saturated rings. The molecule has 0 unspecified atom stereocenters. The van der Waals surface area contributed by atoms with Crippen molar-refractivity contribution in [3.8, 4) is 0 Å². The first-order chi connectivity index (χ1) is 11.1. The molecule has 128 valence electrons. The zero-order valence-corrected chi connectivity index (χ0v) is 12.2. The lowest BCUT2D eigenvalue weighted by Crippen LogP contribution is -2.16. The number of hydrogen-bond acceptors (Lipinski definition) is 5. The Balaban J connectivity index is 2.11. The lowest BCUT2D eigenvalue weighted by molar-refractivity contribution is -0.140. The van der Waals surface area contributed by atoms with Crippen LogP contribution in [0.1, 0.15) is 26.3 Å². The van der Waals surface area contributed by atoms with Crippen molar-refractivity contribution < 1.29 is 31.9 Å². The lowest BCUT2D eigenvalue weighted by Gasteiger charge is -2.10. The maximum Gasteiger partial charge on any atom is 0.419 e. The van der Waals surface area contributed by atoms with Crippen LogP contribution in [0.3, 0.4) is 0 Å². The fourth-order valence-corrected chi connectivity index (χ4v) is 1.81. The molecule has 0 aliphatic rings. The van der Waals surface area contributed by atoms with Crippen LogP contribution < -0.4 is 5.73 Å². The average molecular weight is 345 g/mol. The Kier molecular flexibility index (Phi) is 4.58. The van der Waals surface area contributed by atoms with Crippen LogP contribution in [0.2, 0.25) is 0 Å². The van der Waals surface area contributed by atoms with Crippen molar-refractivity contribution in [1.29, 1.82) is 0 Å². The third-order valence-electron chi connectivity index (χ3n) is 3.13. The largest absolute Gasteiger partial charge is 0.454 e.